The van der Waals surface area contributed by atoms with E-state index in [9.17, 15) is 9.18 Å². The molecule has 0 saturated carbocycles. The molecule has 2 unspecified atom stereocenters. The van der Waals surface area contributed by atoms with Crippen LogP contribution in [0.1, 0.15) is 41.4 Å². The van der Waals surface area contributed by atoms with Crippen molar-refractivity contribution in [1.82, 2.24) is 14.7 Å². The second-order valence-electron chi connectivity index (χ2n) is 7.00. The van der Waals surface area contributed by atoms with Gasteiger partial charge in [-0.2, -0.15) is 5.10 Å². The van der Waals surface area contributed by atoms with Gasteiger partial charge in [-0.15, -0.1) is 11.3 Å². The maximum Gasteiger partial charge on any atom is 0.264 e. The van der Waals surface area contributed by atoms with E-state index in [0.29, 0.717) is 6.04 Å². The van der Waals surface area contributed by atoms with Crippen molar-refractivity contribution in [1.29, 1.82) is 0 Å². The highest BCUT2D eigenvalue weighted by Crippen LogP contribution is 2.42. The van der Waals surface area contributed by atoms with Crippen LogP contribution >= 0.6 is 11.3 Å². The fourth-order valence-electron chi connectivity index (χ4n) is 4.44. The van der Waals surface area contributed by atoms with E-state index >= 15 is 0 Å². The van der Waals surface area contributed by atoms with Gasteiger partial charge in [0.25, 0.3) is 5.91 Å². The molecule has 2 aliphatic heterocycles. The topological polar surface area (TPSA) is 38.1 Å². The number of amides is 1. The molecule has 2 aromatic heterocycles. The third kappa shape index (κ3) is 2.47. The van der Waals surface area contributed by atoms with E-state index in [1.165, 1.54) is 23.5 Å². The van der Waals surface area contributed by atoms with Crippen LogP contribution in [0.15, 0.2) is 42.7 Å². The van der Waals surface area contributed by atoms with Gasteiger partial charge in [-0.1, -0.05) is 0 Å². The van der Waals surface area contributed by atoms with Crippen LogP contribution in [-0.4, -0.2) is 32.7 Å². The van der Waals surface area contributed by atoms with Gasteiger partial charge in [-0.3, -0.25) is 9.48 Å². The summed E-state index contributed by atoms with van der Waals surface area (Å²) in [4.78, 5) is 15.9. The second-order valence-corrected chi connectivity index (χ2v) is 8.09. The zero-order valence-corrected chi connectivity index (χ0v) is 14.5. The number of nitrogens with zero attached hydrogens (tertiary/aromatic N) is 3. The van der Waals surface area contributed by atoms with Crippen molar-refractivity contribution < 1.29 is 9.18 Å². The predicted octanol–water partition coefficient (Wildman–Crippen LogP) is 4.25. The van der Waals surface area contributed by atoms with E-state index < -0.39 is 0 Å². The fraction of sp³-hybridized carbons (Fsp3) is 0.368. The number of fused-ring (bicyclic) bond motifs is 3. The Morgan fingerprint density at radius 3 is 2.68 bits per heavy atom. The lowest BCUT2D eigenvalue weighted by Crippen LogP contribution is -2.46. The fourth-order valence-corrected chi connectivity index (χ4v) is 5.43. The molecular weight excluding hydrogens is 337 g/mol. The molecule has 2 saturated heterocycles. The van der Waals surface area contributed by atoms with E-state index in [1.54, 1.807) is 6.07 Å². The minimum Gasteiger partial charge on any atom is -0.332 e. The Kier molecular flexibility index (Phi) is 3.41. The molecule has 0 aliphatic carbocycles. The highest BCUT2D eigenvalue weighted by molar-refractivity contribution is 7.20. The van der Waals surface area contributed by atoms with Crippen molar-refractivity contribution >= 4 is 27.3 Å². The highest BCUT2D eigenvalue weighted by Gasteiger charge is 2.44. The Bertz CT molecular complexity index is 921. The molecule has 0 N–H and O–H groups in total. The molecule has 6 heteroatoms. The van der Waals surface area contributed by atoms with E-state index in [4.69, 9.17) is 0 Å². The molecule has 4 nitrogen and oxygen atoms in total. The van der Waals surface area contributed by atoms with Gasteiger partial charge >= 0.3 is 0 Å². The van der Waals surface area contributed by atoms with Crippen molar-refractivity contribution in [2.24, 2.45) is 0 Å². The number of hydrogen-bond acceptors (Lipinski definition) is 3. The molecule has 2 bridgehead atoms. The first-order chi connectivity index (χ1) is 12.2. The SMILES string of the molecule is O=C(c1cc2cc(F)ccc2s1)N1C2CCC1CC(n1cccn1)C2. The number of piperidine rings is 1. The Hall–Kier alpha value is -2.21. The maximum atomic E-state index is 13.4. The van der Waals surface area contributed by atoms with E-state index in [0.717, 1.165) is 40.6 Å². The van der Waals surface area contributed by atoms with Gasteiger partial charge in [-0.25, -0.2) is 4.39 Å². The summed E-state index contributed by atoms with van der Waals surface area (Å²) in [5, 5.41) is 5.19. The number of thiophene rings is 1. The average Bonchev–Trinajstić information content (AvgIpc) is 3.32. The predicted molar refractivity (Wildman–Crippen MR) is 95.3 cm³/mol. The molecular formula is C19H18FN3OS. The molecule has 2 aliphatic rings. The minimum atomic E-state index is -0.260. The molecule has 0 radical (unpaired) electrons. The van der Waals surface area contributed by atoms with Crippen LogP contribution in [0, 0.1) is 5.82 Å². The van der Waals surface area contributed by atoms with Crippen molar-refractivity contribution in [3.8, 4) is 0 Å². The molecule has 2 fully saturated rings. The Balaban J connectivity index is 1.42. The normalized spacial score (nSPS) is 25.6. The third-order valence-corrected chi connectivity index (χ3v) is 6.63. The standard InChI is InChI=1S/C19H18FN3OS/c20-13-2-5-17-12(8-13)9-18(25-17)19(24)23-14-3-4-15(23)11-16(10-14)22-7-1-6-21-22/h1-2,5-9,14-16H,3-4,10-11H2. The van der Waals surface area contributed by atoms with Crippen LogP contribution in [0.3, 0.4) is 0 Å². The molecule has 25 heavy (non-hydrogen) atoms. The van der Waals surface area contributed by atoms with Gasteiger partial charge in [0.1, 0.15) is 5.82 Å². The molecule has 1 aromatic carbocycles. The Morgan fingerprint density at radius 2 is 1.96 bits per heavy atom. The summed E-state index contributed by atoms with van der Waals surface area (Å²) >= 11 is 1.46. The smallest absolute Gasteiger partial charge is 0.264 e. The van der Waals surface area contributed by atoms with Crippen molar-refractivity contribution in [3.05, 3.63) is 53.4 Å². The zero-order chi connectivity index (χ0) is 17.0. The Morgan fingerprint density at radius 1 is 1.16 bits per heavy atom. The van der Waals surface area contributed by atoms with Crippen molar-refractivity contribution in [2.45, 2.75) is 43.8 Å². The van der Waals surface area contributed by atoms with Crippen LogP contribution in [-0.2, 0) is 0 Å². The molecule has 2 atom stereocenters. The highest BCUT2D eigenvalue weighted by atomic mass is 32.1. The first-order valence-corrected chi connectivity index (χ1v) is 9.51. The van der Waals surface area contributed by atoms with E-state index in [1.807, 2.05) is 29.2 Å². The summed E-state index contributed by atoms with van der Waals surface area (Å²) in [6.07, 6.45) is 7.88. The first kappa shape index (κ1) is 15.1. The number of rotatable bonds is 2. The van der Waals surface area contributed by atoms with Gasteiger partial charge in [-0.05, 0) is 61.4 Å². The molecule has 128 valence electrons. The number of hydrogen-bond donors (Lipinski definition) is 0. The lowest BCUT2D eigenvalue weighted by Gasteiger charge is -2.38. The number of carbonyl (C=O) groups excluding carboxylic acids is 1. The quantitative estimate of drug-likeness (QED) is 0.689. The van der Waals surface area contributed by atoms with Gasteiger partial charge in [0.05, 0.1) is 10.9 Å². The number of carbonyl (C=O) groups is 1. The largest absolute Gasteiger partial charge is 0.332 e. The Labute approximate surface area is 148 Å². The summed E-state index contributed by atoms with van der Waals surface area (Å²) in [6.45, 7) is 0. The molecule has 1 amide bonds. The van der Waals surface area contributed by atoms with Crippen LogP contribution in [0.5, 0.6) is 0 Å². The van der Waals surface area contributed by atoms with Crippen molar-refractivity contribution in [3.63, 3.8) is 0 Å². The van der Waals surface area contributed by atoms with Crippen LogP contribution in [0.2, 0.25) is 0 Å². The lowest BCUT2D eigenvalue weighted by atomic mass is 9.97. The monoisotopic (exact) mass is 355 g/mol. The summed E-state index contributed by atoms with van der Waals surface area (Å²) in [5.74, 6) is -0.155. The third-order valence-electron chi connectivity index (χ3n) is 5.53. The van der Waals surface area contributed by atoms with Crippen LogP contribution < -0.4 is 0 Å². The molecule has 5 rings (SSSR count). The van der Waals surface area contributed by atoms with Crippen molar-refractivity contribution in [2.75, 3.05) is 0 Å². The lowest BCUT2D eigenvalue weighted by molar-refractivity contribution is 0.0529. The molecule has 3 aromatic rings. The molecule has 0 spiro atoms. The van der Waals surface area contributed by atoms with Gasteiger partial charge < -0.3 is 4.90 Å². The van der Waals surface area contributed by atoms with E-state index in [-0.39, 0.29) is 23.8 Å². The van der Waals surface area contributed by atoms with Gasteiger partial charge in [0, 0.05) is 29.2 Å². The number of halogens is 1. The minimum absolute atomic E-state index is 0.105. The van der Waals surface area contributed by atoms with E-state index in [2.05, 4.69) is 10.00 Å². The summed E-state index contributed by atoms with van der Waals surface area (Å²) in [5.41, 5.74) is 0. The summed E-state index contributed by atoms with van der Waals surface area (Å²) in [6, 6.07) is 9.44. The van der Waals surface area contributed by atoms with Gasteiger partial charge in [0.15, 0.2) is 0 Å². The first-order valence-electron chi connectivity index (χ1n) is 8.70. The summed E-state index contributed by atoms with van der Waals surface area (Å²) in [7, 11) is 0. The maximum absolute atomic E-state index is 13.4. The second kappa shape index (κ2) is 5.66. The number of aromatic nitrogens is 2. The van der Waals surface area contributed by atoms with Crippen LogP contribution in [0.4, 0.5) is 4.39 Å². The average molecular weight is 355 g/mol. The van der Waals surface area contributed by atoms with Gasteiger partial charge in [0.2, 0.25) is 0 Å². The summed E-state index contributed by atoms with van der Waals surface area (Å²) < 4.78 is 16.4. The van der Waals surface area contributed by atoms with Crippen LogP contribution in [0.25, 0.3) is 10.1 Å². The zero-order valence-electron chi connectivity index (χ0n) is 13.6. The number of benzene rings is 1. The molecule has 4 heterocycles.